The molecule has 0 unspecified atom stereocenters. The molecular formula is C26H24N4O5S3. The topological polar surface area (TPSA) is 126 Å². The van der Waals surface area contributed by atoms with Gasteiger partial charge in [-0.25, -0.2) is 13.4 Å². The van der Waals surface area contributed by atoms with Crippen LogP contribution in [0.4, 0.5) is 0 Å². The molecule has 2 N–H and O–H groups in total. The zero-order valence-electron chi connectivity index (χ0n) is 20.1. The Hall–Kier alpha value is -3.58. The van der Waals surface area contributed by atoms with Gasteiger partial charge in [0.15, 0.2) is 0 Å². The monoisotopic (exact) mass is 568 g/mol. The fourth-order valence-corrected chi connectivity index (χ4v) is 6.42. The minimum absolute atomic E-state index is 0.0422. The van der Waals surface area contributed by atoms with Gasteiger partial charge in [-0.1, -0.05) is 12.1 Å². The number of nitrogens with zero attached hydrogens (tertiary/aromatic N) is 3. The molecule has 1 atom stereocenters. The van der Waals surface area contributed by atoms with Crippen molar-refractivity contribution < 1.29 is 22.7 Å². The minimum atomic E-state index is -4.05. The summed E-state index contributed by atoms with van der Waals surface area (Å²) in [5.74, 6) is -0.198. The molecule has 0 radical (unpaired) electrons. The highest BCUT2D eigenvalue weighted by molar-refractivity contribution is 7.89. The number of nitrogens with one attached hydrogen (secondary N) is 1. The summed E-state index contributed by atoms with van der Waals surface area (Å²) >= 11 is 2.81. The van der Waals surface area contributed by atoms with Crippen LogP contribution in [-0.4, -0.2) is 46.9 Å². The molecule has 0 saturated carbocycles. The molecule has 5 aromatic rings. The van der Waals surface area contributed by atoms with Gasteiger partial charge in [0.2, 0.25) is 15.9 Å². The number of phenols is 1. The van der Waals surface area contributed by atoms with Crippen molar-refractivity contribution in [2.75, 3.05) is 6.54 Å². The quantitative estimate of drug-likeness (QED) is 0.244. The number of rotatable bonds is 11. The molecule has 0 fully saturated rings. The van der Waals surface area contributed by atoms with Crippen LogP contribution in [0.1, 0.15) is 16.1 Å². The first-order chi connectivity index (χ1) is 18.4. The van der Waals surface area contributed by atoms with Crippen LogP contribution < -0.4 is 4.72 Å². The van der Waals surface area contributed by atoms with E-state index in [2.05, 4.69) is 14.7 Å². The van der Waals surface area contributed by atoms with Gasteiger partial charge in [0.05, 0.1) is 34.4 Å². The number of thiazole rings is 2. The van der Waals surface area contributed by atoms with E-state index >= 15 is 0 Å². The number of phenolic OH excluding ortho intramolecular Hbond substituents is 1. The van der Waals surface area contributed by atoms with E-state index in [1.54, 1.807) is 63.9 Å². The van der Waals surface area contributed by atoms with Crippen molar-refractivity contribution in [2.24, 2.45) is 0 Å². The third-order valence-electron chi connectivity index (χ3n) is 5.97. The Morgan fingerprint density at radius 2 is 1.97 bits per heavy atom. The van der Waals surface area contributed by atoms with E-state index in [0.717, 1.165) is 10.4 Å². The number of amides is 1. The summed E-state index contributed by atoms with van der Waals surface area (Å²) in [5.41, 5.74) is 5.48. The van der Waals surface area contributed by atoms with Gasteiger partial charge in [-0.05, 0) is 48.4 Å². The lowest BCUT2D eigenvalue weighted by atomic mass is 10.1. The Bertz CT molecular complexity index is 1600. The molecule has 5 rings (SSSR count). The van der Waals surface area contributed by atoms with Crippen molar-refractivity contribution in [1.82, 2.24) is 19.6 Å². The summed E-state index contributed by atoms with van der Waals surface area (Å²) in [6.07, 6.45) is 3.83. The SMILES string of the molecule is O=C([C@H](Cc1cscn1)NS(=O)(=O)c1ccc2occc2c1)N(CCc1ccc(O)cc1)Cc1cncs1. The summed E-state index contributed by atoms with van der Waals surface area (Å²) in [6.45, 7) is 0.635. The maximum Gasteiger partial charge on any atom is 0.241 e. The first-order valence-corrected chi connectivity index (χ1v) is 15.0. The van der Waals surface area contributed by atoms with Gasteiger partial charge < -0.3 is 14.4 Å². The summed E-state index contributed by atoms with van der Waals surface area (Å²) < 4.78 is 34.8. The van der Waals surface area contributed by atoms with E-state index in [-0.39, 0.29) is 29.5 Å². The normalized spacial score (nSPS) is 12.5. The average Bonchev–Trinajstić information content (AvgIpc) is 3.69. The number of aromatic hydroxyl groups is 1. The van der Waals surface area contributed by atoms with Crippen molar-refractivity contribution in [2.45, 2.75) is 30.3 Å². The fraction of sp³-hybridized carbons (Fsp3) is 0.192. The van der Waals surface area contributed by atoms with Crippen molar-refractivity contribution in [3.05, 3.63) is 93.5 Å². The number of carbonyl (C=O) groups is 1. The lowest BCUT2D eigenvalue weighted by molar-refractivity contribution is -0.133. The van der Waals surface area contributed by atoms with E-state index in [1.807, 2.05) is 0 Å². The molecule has 0 aliphatic heterocycles. The van der Waals surface area contributed by atoms with Crippen LogP contribution in [0.5, 0.6) is 5.75 Å². The molecule has 38 heavy (non-hydrogen) atoms. The third kappa shape index (κ3) is 6.27. The molecule has 1 amide bonds. The number of aromatic nitrogens is 2. The van der Waals surface area contributed by atoms with Crippen molar-refractivity contribution in [3.8, 4) is 5.75 Å². The second kappa shape index (κ2) is 11.4. The van der Waals surface area contributed by atoms with E-state index in [4.69, 9.17) is 4.42 Å². The van der Waals surface area contributed by atoms with Gasteiger partial charge in [0.1, 0.15) is 17.4 Å². The van der Waals surface area contributed by atoms with Gasteiger partial charge in [-0.2, -0.15) is 4.72 Å². The number of fused-ring (bicyclic) bond motifs is 1. The summed E-state index contributed by atoms with van der Waals surface area (Å²) in [5, 5.41) is 12.0. The highest BCUT2D eigenvalue weighted by atomic mass is 32.2. The average molecular weight is 569 g/mol. The Labute approximate surface area is 227 Å². The standard InChI is InChI=1S/C26H24N4O5S3/c31-21-3-1-18(2-4-21)7-9-30(14-22-13-27-16-37-22)26(32)24(12-20-15-36-17-28-20)29-38(33,34)23-5-6-25-19(11-23)8-10-35-25/h1-6,8,10-11,13,15-17,24,29,31H,7,9,12,14H2/t24-/m0/s1. The molecule has 3 aromatic heterocycles. The van der Waals surface area contributed by atoms with Gasteiger partial charge in [0.25, 0.3) is 0 Å². The smallest absolute Gasteiger partial charge is 0.241 e. The largest absolute Gasteiger partial charge is 0.508 e. The Morgan fingerprint density at radius 3 is 2.71 bits per heavy atom. The molecule has 0 spiro atoms. The number of hydrogen-bond donors (Lipinski definition) is 2. The Morgan fingerprint density at radius 1 is 1.13 bits per heavy atom. The predicted molar refractivity (Wildman–Crippen MR) is 145 cm³/mol. The maximum atomic E-state index is 14.0. The molecule has 0 aliphatic rings. The number of benzene rings is 2. The second-order valence-corrected chi connectivity index (χ2v) is 12.0. The van der Waals surface area contributed by atoms with E-state index in [0.29, 0.717) is 29.6 Å². The third-order valence-corrected chi connectivity index (χ3v) is 8.84. The molecule has 9 nitrogen and oxygen atoms in total. The number of hydrogen-bond acceptors (Lipinski definition) is 9. The molecule has 2 aromatic carbocycles. The molecule has 0 aliphatic carbocycles. The van der Waals surface area contributed by atoms with Crippen LogP contribution in [0.25, 0.3) is 11.0 Å². The molecule has 3 heterocycles. The number of furan rings is 1. The summed E-state index contributed by atoms with van der Waals surface area (Å²) in [7, 11) is -4.05. The van der Waals surface area contributed by atoms with Crippen LogP contribution in [0, 0.1) is 0 Å². The maximum absolute atomic E-state index is 14.0. The van der Waals surface area contributed by atoms with E-state index in [9.17, 15) is 18.3 Å². The fourth-order valence-electron chi connectivity index (χ4n) is 4.02. The highest BCUT2D eigenvalue weighted by Gasteiger charge is 2.30. The molecule has 196 valence electrons. The van der Waals surface area contributed by atoms with Crippen molar-refractivity contribution >= 4 is 49.6 Å². The first kappa shape index (κ1) is 26.0. The van der Waals surface area contributed by atoms with Crippen LogP contribution in [0.3, 0.4) is 0 Å². The lowest BCUT2D eigenvalue weighted by Crippen LogP contribution is -2.50. The van der Waals surface area contributed by atoms with E-state index < -0.39 is 16.1 Å². The van der Waals surface area contributed by atoms with Crippen LogP contribution in [-0.2, 0) is 34.2 Å². The summed E-state index contributed by atoms with van der Waals surface area (Å²) in [4.78, 5) is 24.9. The minimum Gasteiger partial charge on any atom is -0.508 e. The lowest BCUT2D eigenvalue weighted by Gasteiger charge is -2.27. The predicted octanol–water partition coefficient (Wildman–Crippen LogP) is 4.21. The van der Waals surface area contributed by atoms with Crippen LogP contribution >= 0.6 is 22.7 Å². The van der Waals surface area contributed by atoms with Crippen LogP contribution in [0.2, 0.25) is 0 Å². The van der Waals surface area contributed by atoms with E-state index in [1.165, 1.54) is 41.1 Å². The van der Waals surface area contributed by atoms with Crippen molar-refractivity contribution in [1.29, 1.82) is 0 Å². The molecule has 0 bridgehead atoms. The number of carbonyl (C=O) groups excluding carboxylic acids is 1. The Balaban J connectivity index is 1.42. The molecule has 0 saturated heterocycles. The molecule has 12 heteroatoms. The van der Waals surface area contributed by atoms with Gasteiger partial charge in [0, 0.05) is 34.8 Å². The second-order valence-electron chi connectivity index (χ2n) is 8.62. The number of sulfonamides is 1. The highest BCUT2D eigenvalue weighted by Crippen LogP contribution is 2.21. The van der Waals surface area contributed by atoms with Crippen LogP contribution in [0.15, 0.2) is 86.7 Å². The zero-order chi connectivity index (χ0) is 26.5. The van der Waals surface area contributed by atoms with Gasteiger partial charge >= 0.3 is 0 Å². The molecular weight excluding hydrogens is 545 g/mol. The Kier molecular flexibility index (Phi) is 7.84. The first-order valence-electron chi connectivity index (χ1n) is 11.7. The van der Waals surface area contributed by atoms with Gasteiger partial charge in [-0.15, -0.1) is 22.7 Å². The summed E-state index contributed by atoms with van der Waals surface area (Å²) in [6, 6.07) is 12.0. The van der Waals surface area contributed by atoms with Gasteiger partial charge in [-0.3, -0.25) is 9.78 Å². The zero-order valence-corrected chi connectivity index (χ0v) is 22.5. The van der Waals surface area contributed by atoms with Crippen molar-refractivity contribution in [3.63, 3.8) is 0 Å².